The van der Waals surface area contributed by atoms with Crippen molar-refractivity contribution in [2.24, 2.45) is 11.8 Å². The molecule has 0 spiro atoms. The molecule has 1 aromatic heterocycles. The Hall–Kier alpha value is -1.81. The number of amides is 1. The van der Waals surface area contributed by atoms with Crippen molar-refractivity contribution >= 4 is 16.9 Å². The third-order valence-electron chi connectivity index (χ3n) is 5.43. The number of nitrogens with zero attached hydrogens (tertiary/aromatic N) is 1. The molecule has 0 aliphatic carbocycles. The minimum atomic E-state index is 0.276. The highest BCUT2D eigenvalue weighted by atomic mass is 16.3. The lowest BCUT2D eigenvalue weighted by Gasteiger charge is -2.20. The monoisotopic (exact) mass is 312 g/mol. The van der Waals surface area contributed by atoms with Crippen LogP contribution < -0.4 is 5.32 Å². The number of para-hydroxylation sites is 1. The van der Waals surface area contributed by atoms with E-state index in [1.54, 1.807) is 0 Å². The number of furan rings is 1. The molecule has 23 heavy (non-hydrogen) atoms. The zero-order valence-corrected chi connectivity index (χ0v) is 13.5. The van der Waals surface area contributed by atoms with Gasteiger partial charge >= 0.3 is 0 Å². The second-order valence-electron chi connectivity index (χ2n) is 6.89. The summed E-state index contributed by atoms with van der Waals surface area (Å²) in [5.41, 5.74) is 0.907. The number of carbonyl (C=O) groups is 1. The Morgan fingerprint density at radius 2 is 1.91 bits per heavy atom. The molecule has 0 saturated carbocycles. The van der Waals surface area contributed by atoms with Gasteiger partial charge in [0.1, 0.15) is 11.3 Å². The highest BCUT2D eigenvalue weighted by Gasteiger charge is 2.31. The van der Waals surface area contributed by atoms with E-state index in [2.05, 4.69) is 16.3 Å². The summed E-state index contributed by atoms with van der Waals surface area (Å²) in [5.74, 6) is 2.72. The lowest BCUT2D eigenvalue weighted by molar-refractivity contribution is -0.131. The predicted octanol–water partition coefficient (Wildman–Crippen LogP) is 2.82. The maximum absolute atomic E-state index is 12.5. The molecule has 1 amide bonds. The first kappa shape index (κ1) is 14.8. The van der Waals surface area contributed by atoms with E-state index in [1.807, 2.05) is 24.3 Å². The highest BCUT2D eigenvalue weighted by Crippen LogP contribution is 2.27. The minimum Gasteiger partial charge on any atom is -0.461 e. The Bertz CT molecular complexity index is 646. The molecule has 3 heterocycles. The van der Waals surface area contributed by atoms with Crippen molar-refractivity contribution in [2.75, 3.05) is 26.2 Å². The molecule has 0 unspecified atom stereocenters. The molecule has 2 atom stereocenters. The molecule has 0 radical (unpaired) electrons. The van der Waals surface area contributed by atoms with Gasteiger partial charge in [-0.1, -0.05) is 18.2 Å². The van der Waals surface area contributed by atoms with Gasteiger partial charge in [0, 0.05) is 31.3 Å². The normalized spacial score (nSPS) is 24.6. The van der Waals surface area contributed by atoms with E-state index in [-0.39, 0.29) is 5.91 Å². The molecule has 4 nitrogen and oxygen atoms in total. The average Bonchev–Trinajstić information content (AvgIpc) is 3.14. The van der Waals surface area contributed by atoms with Gasteiger partial charge in [-0.25, -0.2) is 0 Å². The third-order valence-corrected chi connectivity index (χ3v) is 5.43. The Kier molecular flexibility index (Phi) is 4.08. The molecular formula is C19H24N2O2. The number of benzene rings is 1. The lowest BCUT2D eigenvalue weighted by Crippen LogP contribution is -2.32. The molecule has 4 rings (SSSR count). The van der Waals surface area contributed by atoms with Crippen LogP contribution in [-0.2, 0) is 11.2 Å². The molecule has 2 aliphatic rings. The first-order valence-corrected chi connectivity index (χ1v) is 8.75. The van der Waals surface area contributed by atoms with Gasteiger partial charge in [-0.2, -0.15) is 0 Å². The van der Waals surface area contributed by atoms with Crippen molar-refractivity contribution in [3.63, 3.8) is 0 Å². The number of hydrogen-bond acceptors (Lipinski definition) is 3. The first-order chi connectivity index (χ1) is 11.3. The Labute approximate surface area is 136 Å². The summed E-state index contributed by atoms with van der Waals surface area (Å²) >= 11 is 0. The Morgan fingerprint density at radius 3 is 2.65 bits per heavy atom. The molecule has 2 aliphatic heterocycles. The second kappa shape index (κ2) is 6.36. The summed E-state index contributed by atoms with van der Waals surface area (Å²) in [6, 6.07) is 10.1. The van der Waals surface area contributed by atoms with Crippen LogP contribution in [0.2, 0.25) is 0 Å². The van der Waals surface area contributed by atoms with Gasteiger partial charge < -0.3 is 14.6 Å². The van der Waals surface area contributed by atoms with Gasteiger partial charge in [0.05, 0.1) is 0 Å². The molecule has 2 fully saturated rings. The van der Waals surface area contributed by atoms with Crippen molar-refractivity contribution in [1.82, 2.24) is 10.2 Å². The number of rotatable bonds is 3. The highest BCUT2D eigenvalue weighted by molar-refractivity contribution is 5.79. The molecule has 2 aromatic rings. The van der Waals surface area contributed by atoms with E-state index >= 15 is 0 Å². The van der Waals surface area contributed by atoms with E-state index < -0.39 is 0 Å². The summed E-state index contributed by atoms with van der Waals surface area (Å²) < 4.78 is 5.81. The van der Waals surface area contributed by atoms with E-state index in [9.17, 15) is 4.79 Å². The molecule has 1 N–H and O–H groups in total. The summed E-state index contributed by atoms with van der Waals surface area (Å²) in [7, 11) is 0. The van der Waals surface area contributed by atoms with E-state index in [0.29, 0.717) is 12.8 Å². The Morgan fingerprint density at radius 1 is 1.17 bits per heavy atom. The standard InChI is InChI=1S/C19H24N2O2/c22-19(21-9-7-15-12-20-13-16(15)8-10-21)6-5-17-11-14-3-1-2-4-18(14)23-17/h1-4,11,15-16,20H,5-10,12-13H2/t15-,16+. The number of nitrogens with one attached hydrogen (secondary N) is 1. The number of likely N-dealkylation sites (tertiary alicyclic amines) is 1. The van der Waals surface area contributed by atoms with Crippen LogP contribution in [0.1, 0.15) is 25.0 Å². The van der Waals surface area contributed by atoms with Gasteiger partial charge in [-0.15, -0.1) is 0 Å². The van der Waals surface area contributed by atoms with Crippen LogP contribution in [0.3, 0.4) is 0 Å². The van der Waals surface area contributed by atoms with Gasteiger partial charge in [0.15, 0.2) is 0 Å². The zero-order valence-electron chi connectivity index (χ0n) is 13.5. The van der Waals surface area contributed by atoms with Crippen molar-refractivity contribution in [3.8, 4) is 0 Å². The maximum atomic E-state index is 12.5. The number of fused-ring (bicyclic) bond motifs is 2. The van der Waals surface area contributed by atoms with Crippen LogP contribution >= 0.6 is 0 Å². The van der Waals surface area contributed by atoms with E-state index in [4.69, 9.17) is 4.42 Å². The SMILES string of the molecule is O=C(CCc1cc2ccccc2o1)N1CC[C@@H]2CNC[C@@H]2CC1. The van der Waals surface area contributed by atoms with Gasteiger partial charge in [-0.05, 0) is 49.9 Å². The number of aryl methyl sites for hydroxylation is 1. The molecule has 4 heteroatoms. The van der Waals surface area contributed by atoms with Crippen molar-refractivity contribution in [1.29, 1.82) is 0 Å². The van der Waals surface area contributed by atoms with E-state index in [1.165, 1.54) is 0 Å². The lowest BCUT2D eigenvalue weighted by atomic mass is 9.92. The van der Waals surface area contributed by atoms with Crippen LogP contribution in [-0.4, -0.2) is 37.0 Å². The first-order valence-electron chi connectivity index (χ1n) is 8.75. The average molecular weight is 312 g/mol. The van der Waals surface area contributed by atoms with Gasteiger partial charge in [0.2, 0.25) is 5.91 Å². The van der Waals surface area contributed by atoms with Crippen LogP contribution in [0.4, 0.5) is 0 Å². The maximum Gasteiger partial charge on any atom is 0.223 e. The zero-order chi connectivity index (χ0) is 15.6. The predicted molar refractivity (Wildman–Crippen MR) is 90.2 cm³/mol. The molecule has 2 saturated heterocycles. The van der Waals surface area contributed by atoms with Crippen LogP contribution in [0.15, 0.2) is 34.7 Å². The third kappa shape index (κ3) is 3.13. The largest absolute Gasteiger partial charge is 0.461 e. The minimum absolute atomic E-state index is 0.276. The molecular weight excluding hydrogens is 288 g/mol. The summed E-state index contributed by atoms with van der Waals surface area (Å²) in [5, 5.41) is 4.60. The number of hydrogen-bond donors (Lipinski definition) is 1. The van der Waals surface area contributed by atoms with Crippen LogP contribution in [0, 0.1) is 11.8 Å². The quantitative estimate of drug-likeness (QED) is 0.948. The number of carbonyl (C=O) groups excluding carboxylic acids is 1. The van der Waals surface area contributed by atoms with Crippen LogP contribution in [0.5, 0.6) is 0 Å². The van der Waals surface area contributed by atoms with Gasteiger partial charge in [-0.3, -0.25) is 4.79 Å². The van der Waals surface area contributed by atoms with Crippen LogP contribution in [0.25, 0.3) is 11.0 Å². The summed E-state index contributed by atoms with van der Waals surface area (Å²) in [6.07, 6.45) is 3.54. The molecule has 0 bridgehead atoms. The van der Waals surface area contributed by atoms with E-state index in [0.717, 1.165) is 67.6 Å². The second-order valence-corrected chi connectivity index (χ2v) is 6.89. The fourth-order valence-corrected chi connectivity index (χ4v) is 4.02. The smallest absolute Gasteiger partial charge is 0.223 e. The van der Waals surface area contributed by atoms with Crippen molar-refractivity contribution < 1.29 is 9.21 Å². The Balaban J connectivity index is 1.34. The van der Waals surface area contributed by atoms with Gasteiger partial charge in [0.25, 0.3) is 0 Å². The topological polar surface area (TPSA) is 45.5 Å². The molecule has 1 aromatic carbocycles. The fourth-order valence-electron chi connectivity index (χ4n) is 4.02. The summed E-state index contributed by atoms with van der Waals surface area (Å²) in [4.78, 5) is 14.6. The fraction of sp³-hybridized carbons (Fsp3) is 0.526. The molecule has 122 valence electrons. The summed E-state index contributed by atoms with van der Waals surface area (Å²) in [6.45, 7) is 4.10. The van der Waals surface area contributed by atoms with Crippen molar-refractivity contribution in [2.45, 2.75) is 25.7 Å². The van der Waals surface area contributed by atoms with Crippen molar-refractivity contribution in [3.05, 3.63) is 36.1 Å².